The maximum Gasteiger partial charge on any atom is 0.329 e. The van der Waals surface area contributed by atoms with Crippen LogP contribution in [-0.2, 0) is 28.5 Å². The van der Waals surface area contributed by atoms with Crippen LogP contribution < -0.4 is 5.32 Å². The van der Waals surface area contributed by atoms with E-state index in [0.717, 1.165) is 0 Å². The van der Waals surface area contributed by atoms with Gasteiger partial charge in [-0.2, -0.15) is 0 Å². The average molecular weight is 524 g/mol. The van der Waals surface area contributed by atoms with E-state index in [1.807, 2.05) is 18.2 Å². The van der Waals surface area contributed by atoms with Crippen molar-refractivity contribution in [2.45, 2.75) is 4.75 Å². The topological polar surface area (TPSA) is 94.1 Å². The summed E-state index contributed by atoms with van der Waals surface area (Å²) < 4.78 is 15.1. The molecule has 0 aliphatic rings. The first-order valence-electron chi connectivity index (χ1n) is 12.1. The number of amides is 1. The molecule has 0 spiro atoms. The van der Waals surface area contributed by atoms with Crippen molar-refractivity contribution in [1.29, 1.82) is 0 Å². The SMILES string of the molecule is O=C(O)COCCOCCOCC(=O)NCCSC(c1ccccc1)(c1ccccc1)c1ccccc1. The standard InChI is InChI=1S/C29H33NO6S/c31-27(22-35-19-17-34-18-20-36-23-28(32)33)30-16-21-37-29(24-10-4-1-5-11-24,25-12-6-2-7-13-25)26-14-8-3-9-15-26/h1-15H,16-23H2,(H,30,31)(H,32,33). The molecule has 0 heterocycles. The highest BCUT2D eigenvalue weighted by Crippen LogP contribution is 2.48. The lowest BCUT2D eigenvalue weighted by molar-refractivity contribution is -0.142. The molecule has 0 aromatic heterocycles. The van der Waals surface area contributed by atoms with Gasteiger partial charge in [-0.05, 0) is 16.7 Å². The summed E-state index contributed by atoms with van der Waals surface area (Å²) >= 11 is 1.79. The Morgan fingerprint density at radius 3 is 1.57 bits per heavy atom. The normalized spacial score (nSPS) is 11.2. The number of hydrogen-bond acceptors (Lipinski definition) is 6. The van der Waals surface area contributed by atoms with E-state index >= 15 is 0 Å². The summed E-state index contributed by atoms with van der Waals surface area (Å²) in [5.74, 6) is -0.502. The molecule has 1 amide bonds. The number of carboxylic acids is 1. The first kappa shape index (κ1) is 28.4. The number of benzene rings is 3. The van der Waals surface area contributed by atoms with Crippen LogP contribution in [0.5, 0.6) is 0 Å². The highest BCUT2D eigenvalue weighted by molar-refractivity contribution is 8.00. The average Bonchev–Trinajstić information content (AvgIpc) is 2.93. The number of carbonyl (C=O) groups is 2. The van der Waals surface area contributed by atoms with Crippen molar-refractivity contribution in [2.24, 2.45) is 0 Å². The Morgan fingerprint density at radius 1 is 0.676 bits per heavy atom. The molecule has 0 unspecified atom stereocenters. The maximum atomic E-state index is 12.3. The number of aliphatic carboxylic acids is 1. The Hall–Kier alpha value is -3.17. The molecule has 3 rings (SSSR count). The molecule has 8 heteroatoms. The van der Waals surface area contributed by atoms with E-state index in [4.69, 9.17) is 19.3 Å². The Labute approximate surface area is 222 Å². The number of carboxylic acid groups (broad SMARTS) is 1. The minimum absolute atomic E-state index is 0.0509. The lowest BCUT2D eigenvalue weighted by Crippen LogP contribution is -2.32. The first-order valence-corrected chi connectivity index (χ1v) is 13.1. The summed E-state index contributed by atoms with van der Waals surface area (Å²) in [4.78, 5) is 22.6. The van der Waals surface area contributed by atoms with E-state index in [1.165, 1.54) is 16.7 Å². The minimum Gasteiger partial charge on any atom is -0.480 e. The summed E-state index contributed by atoms with van der Waals surface area (Å²) in [6.45, 7) is 1.13. The Morgan fingerprint density at radius 2 is 1.11 bits per heavy atom. The largest absolute Gasteiger partial charge is 0.480 e. The van der Waals surface area contributed by atoms with Gasteiger partial charge in [0.05, 0.1) is 31.2 Å². The minimum atomic E-state index is -1.02. The highest BCUT2D eigenvalue weighted by Gasteiger charge is 2.36. The van der Waals surface area contributed by atoms with Crippen molar-refractivity contribution in [3.8, 4) is 0 Å². The summed E-state index contributed by atoms with van der Waals surface area (Å²) in [5.41, 5.74) is 3.54. The molecular formula is C29H33NO6S. The van der Waals surface area contributed by atoms with Gasteiger partial charge in [0.1, 0.15) is 13.2 Å². The Bertz CT molecular complexity index is 969. The highest BCUT2D eigenvalue weighted by atomic mass is 32.2. The Kier molecular flexibility index (Phi) is 12.2. The number of ether oxygens (including phenoxy) is 3. The third-order valence-corrected chi connectivity index (χ3v) is 7.03. The van der Waals surface area contributed by atoms with Gasteiger partial charge in [-0.1, -0.05) is 91.0 Å². The van der Waals surface area contributed by atoms with Gasteiger partial charge in [-0.3, -0.25) is 4.79 Å². The van der Waals surface area contributed by atoms with E-state index < -0.39 is 10.7 Å². The van der Waals surface area contributed by atoms with Crippen molar-refractivity contribution in [3.63, 3.8) is 0 Å². The fourth-order valence-corrected chi connectivity index (χ4v) is 5.29. The second-order valence-electron chi connectivity index (χ2n) is 8.09. The quantitative estimate of drug-likeness (QED) is 0.204. The van der Waals surface area contributed by atoms with Gasteiger partial charge in [0.25, 0.3) is 0 Å². The molecule has 0 aliphatic carbocycles. The first-order chi connectivity index (χ1) is 18.1. The number of nitrogens with one attached hydrogen (secondary N) is 1. The van der Waals surface area contributed by atoms with Gasteiger partial charge >= 0.3 is 5.97 Å². The summed E-state index contributed by atoms with van der Waals surface area (Å²) in [6, 6.07) is 31.3. The predicted octanol–water partition coefficient (Wildman–Crippen LogP) is 3.96. The molecular weight excluding hydrogens is 490 g/mol. The molecule has 0 atom stereocenters. The van der Waals surface area contributed by atoms with Crippen molar-refractivity contribution >= 4 is 23.6 Å². The molecule has 0 bridgehead atoms. The maximum absolute atomic E-state index is 12.3. The Balaban J connectivity index is 1.51. The molecule has 196 valence electrons. The van der Waals surface area contributed by atoms with Gasteiger partial charge in [0.15, 0.2) is 0 Å². The van der Waals surface area contributed by atoms with Crippen LogP contribution in [0.1, 0.15) is 16.7 Å². The van der Waals surface area contributed by atoms with Gasteiger partial charge in [0.2, 0.25) is 5.91 Å². The van der Waals surface area contributed by atoms with Crippen LogP contribution in [0.2, 0.25) is 0 Å². The second kappa shape index (κ2) is 15.8. The summed E-state index contributed by atoms with van der Waals surface area (Å²) in [6.07, 6.45) is 0. The molecule has 3 aromatic rings. The number of hydrogen-bond donors (Lipinski definition) is 2. The van der Waals surface area contributed by atoms with E-state index in [2.05, 4.69) is 78.1 Å². The van der Waals surface area contributed by atoms with E-state index in [1.54, 1.807) is 11.8 Å². The molecule has 2 N–H and O–H groups in total. The number of carbonyl (C=O) groups excluding carboxylic acids is 1. The fraction of sp³-hybridized carbons (Fsp3) is 0.310. The van der Waals surface area contributed by atoms with Crippen LogP contribution in [0, 0.1) is 0 Å². The van der Waals surface area contributed by atoms with Gasteiger partial charge in [-0.25, -0.2) is 4.79 Å². The number of rotatable bonds is 17. The lowest BCUT2D eigenvalue weighted by Gasteiger charge is -2.35. The van der Waals surface area contributed by atoms with Crippen LogP contribution in [0.25, 0.3) is 0 Å². The third-order valence-electron chi connectivity index (χ3n) is 5.49. The van der Waals surface area contributed by atoms with Crippen molar-refractivity contribution in [2.75, 3.05) is 51.9 Å². The lowest BCUT2D eigenvalue weighted by atomic mass is 9.84. The molecule has 0 saturated heterocycles. The zero-order chi connectivity index (χ0) is 26.2. The van der Waals surface area contributed by atoms with E-state index in [9.17, 15) is 9.59 Å². The van der Waals surface area contributed by atoms with Crippen LogP contribution in [0.4, 0.5) is 0 Å². The van der Waals surface area contributed by atoms with Crippen molar-refractivity contribution < 1.29 is 28.9 Å². The van der Waals surface area contributed by atoms with Crippen LogP contribution in [0.15, 0.2) is 91.0 Å². The van der Waals surface area contributed by atoms with Crippen LogP contribution in [0.3, 0.4) is 0 Å². The van der Waals surface area contributed by atoms with Crippen molar-refractivity contribution in [1.82, 2.24) is 5.32 Å². The van der Waals surface area contributed by atoms with Crippen molar-refractivity contribution in [3.05, 3.63) is 108 Å². The van der Waals surface area contributed by atoms with Crippen LogP contribution in [-0.4, -0.2) is 68.9 Å². The van der Waals surface area contributed by atoms with E-state index in [-0.39, 0.29) is 38.9 Å². The number of thioether (sulfide) groups is 1. The second-order valence-corrected chi connectivity index (χ2v) is 9.40. The van der Waals surface area contributed by atoms with Gasteiger partial charge in [-0.15, -0.1) is 11.8 Å². The van der Waals surface area contributed by atoms with Gasteiger partial charge < -0.3 is 24.6 Å². The predicted molar refractivity (Wildman–Crippen MR) is 145 cm³/mol. The molecule has 3 aromatic carbocycles. The smallest absolute Gasteiger partial charge is 0.329 e. The summed E-state index contributed by atoms with van der Waals surface area (Å²) in [5, 5.41) is 11.4. The zero-order valence-corrected chi connectivity index (χ0v) is 21.5. The molecule has 7 nitrogen and oxygen atoms in total. The zero-order valence-electron chi connectivity index (χ0n) is 20.7. The molecule has 0 fully saturated rings. The molecule has 0 radical (unpaired) electrons. The molecule has 0 saturated carbocycles. The van der Waals surface area contributed by atoms with E-state index in [0.29, 0.717) is 18.9 Å². The monoisotopic (exact) mass is 523 g/mol. The molecule has 37 heavy (non-hydrogen) atoms. The van der Waals surface area contributed by atoms with Gasteiger partial charge in [0, 0.05) is 12.3 Å². The fourth-order valence-electron chi connectivity index (χ4n) is 3.88. The summed E-state index contributed by atoms with van der Waals surface area (Å²) in [7, 11) is 0. The molecule has 0 aliphatic heterocycles. The third kappa shape index (κ3) is 9.02. The van der Waals surface area contributed by atoms with Crippen LogP contribution >= 0.6 is 11.8 Å².